The highest BCUT2D eigenvalue weighted by Gasteiger charge is 2.27. The highest BCUT2D eigenvalue weighted by molar-refractivity contribution is 7.09. The molecular formula is C15H23N3O3S. The Bertz CT molecular complexity index is 482. The molecule has 1 aliphatic heterocycles. The largest absolute Gasteiger partial charge is 0.378 e. The first-order valence-electron chi connectivity index (χ1n) is 7.50. The first kappa shape index (κ1) is 16.9. The minimum atomic E-state index is -0.435. The summed E-state index contributed by atoms with van der Waals surface area (Å²) in [5.41, 5.74) is 0. The van der Waals surface area contributed by atoms with Gasteiger partial charge in [0.15, 0.2) is 0 Å². The number of thiophene rings is 1. The van der Waals surface area contributed by atoms with Crippen molar-refractivity contribution in [2.24, 2.45) is 0 Å². The van der Waals surface area contributed by atoms with Crippen LogP contribution in [0.2, 0.25) is 0 Å². The van der Waals surface area contributed by atoms with Gasteiger partial charge in [-0.25, -0.2) is 4.79 Å². The van der Waals surface area contributed by atoms with Crippen LogP contribution in [-0.4, -0.2) is 55.2 Å². The zero-order valence-corrected chi connectivity index (χ0v) is 13.8. The quantitative estimate of drug-likeness (QED) is 0.854. The third-order valence-corrected chi connectivity index (χ3v) is 4.60. The van der Waals surface area contributed by atoms with Gasteiger partial charge in [0.25, 0.3) is 0 Å². The van der Waals surface area contributed by atoms with Crippen LogP contribution in [0, 0.1) is 0 Å². The van der Waals surface area contributed by atoms with Crippen LogP contribution >= 0.6 is 11.3 Å². The van der Waals surface area contributed by atoms with E-state index in [-0.39, 0.29) is 24.5 Å². The molecule has 2 heterocycles. The Hall–Kier alpha value is -1.44. The minimum absolute atomic E-state index is 0.177. The number of hydrogen-bond donors (Lipinski definition) is 2. The molecule has 0 bridgehead atoms. The Morgan fingerprint density at radius 3 is 2.73 bits per heavy atom. The van der Waals surface area contributed by atoms with Crippen LogP contribution in [0.25, 0.3) is 0 Å². The lowest BCUT2D eigenvalue weighted by molar-refractivity contribution is -0.125. The molecule has 0 saturated carbocycles. The Labute approximate surface area is 134 Å². The van der Waals surface area contributed by atoms with Crippen LogP contribution in [0.3, 0.4) is 0 Å². The highest BCUT2D eigenvalue weighted by Crippen LogP contribution is 2.12. The molecule has 1 fully saturated rings. The summed E-state index contributed by atoms with van der Waals surface area (Å²) < 4.78 is 5.42. The summed E-state index contributed by atoms with van der Waals surface area (Å²) in [6, 6.07) is 3.92. The van der Waals surface area contributed by atoms with E-state index in [9.17, 15) is 9.59 Å². The van der Waals surface area contributed by atoms with Crippen LogP contribution in [0.4, 0.5) is 4.79 Å². The summed E-state index contributed by atoms with van der Waals surface area (Å²) in [5.74, 6) is -0.283. The van der Waals surface area contributed by atoms with Crippen molar-refractivity contribution in [1.82, 2.24) is 15.5 Å². The number of carbonyl (C=O) groups excluding carboxylic acids is 2. The molecular weight excluding hydrogens is 302 g/mol. The van der Waals surface area contributed by atoms with Gasteiger partial charge in [-0.05, 0) is 31.7 Å². The lowest BCUT2D eigenvalue weighted by Gasteiger charge is -2.38. The summed E-state index contributed by atoms with van der Waals surface area (Å²) in [4.78, 5) is 26.9. The van der Waals surface area contributed by atoms with Crippen molar-refractivity contribution in [3.8, 4) is 0 Å². The third-order valence-electron chi connectivity index (χ3n) is 3.67. The molecule has 1 aromatic rings. The lowest BCUT2D eigenvalue weighted by atomic mass is 10.2. The number of amides is 3. The topological polar surface area (TPSA) is 70.7 Å². The second-order valence-corrected chi connectivity index (χ2v) is 6.57. The zero-order chi connectivity index (χ0) is 15.9. The van der Waals surface area contributed by atoms with Gasteiger partial charge in [0, 0.05) is 23.5 Å². The first-order valence-corrected chi connectivity index (χ1v) is 8.37. The third kappa shape index (κ3) is 5.08. The molecule has 0 aromatic carbocycles. The predicted molar refractivity (Wildman–Crippen MR) is 86.0 cm³/mol. The van der Waals surface area contributed by atoms with Crippen molar-refractivity contribution < 1.29 is 14.3 Å². The van der Waals surface area contributed by atoms with E-state index in [1.165, 1.54) is 4.88 Å². The van der Waals surface area contributed by atoms with E-state index >= 15 is 0 Å². The molecule has 0 spiro atoms. The van der Waals surface area contributed by atoms with E-state index in [2.05, 4.69) is 15.5 Å². The maximum Gasteiger partial charge on any atom is 0.321 e. The number of nitrogens with zero attached hydrogens (tertiary/aromatic N) is 1. The van der Waals surface area contributed by atoms with Crippen molar-refractivity contribution >= 4 is 23.3 Å². The van der Waals surface area contributed by atoms with Gasteiger partial charge in [-0.1, -0.05) is 6.07 Å². The standard InChI is InChI=1S/C15H23N3O3S/c1-11-9-21-10-12(2)18(11)8-14(19)17-15(20)16-6-5-13-4-3-7-22-13/h3-4,7,11-12H,5-6,8-10H2,1-2H3,(H2,16,17,19,20). The molecule has 2 N–H and O–H groups in total. The van der Waals surface area contributed by atoms with Crippen molar-refractivity contribution in [2.75, 3.05) is 26.3 Å². The Morgan fingerprint density at radius 2 is 2.09 bits per heavy atom. The number of nitrogens with one attached hydrogen (secondary N) is 2. The van der Waals surface area contributed by atoms with E-state index in [0.717, 1.165) is 6.42 Å². The van der Waals surface area contributed by atoms with E-state index in [1.807, 2.05) is 31.4 Å². The van der Waals surface area contributed by atoms with Gasteiger partial charge in [-0.2, -0.15) is 0 Å². The van der Waals surface area contributed by atoms with Crippen LogP contribution in [-0.2, 0) is 16.0 Å². The van der Waals surface area contributed by atoms with Gasteiger partial charge in [-0.15, -0.1) is 11.3 Å². The molecule has 7 heteroatoms. The molecule has 2 rings (SSSR count). The lowest BCUT2D eigenvalue weighted by Crippen LogP contribution is -2.54. The average molecular weight is 325 g/mol. The van der Waals surface area contributed by atoms with E-state index < -0.39 is 6.03 Å². The van der Waals surface area contributed by atoms with Crippen molar-refractivity contribution in [3.05, 3.63) is 22.4 Å². The maximum atomic E-state index is 12.0. The van der Waals surface area contributed by atoms with Crippen molar-refractivity contribution in [2.45, 2.75) is 32.4 Å². The van der Waals surface area contributed by atoms with E-state index in [4.69, 9.17) is 4.74 Å². The first-order chi connectivity index (χ1) is 10.6. The van der Waals surface area contributed by atoms with Crippen LogP contribution in [0.15, 0.2) is 17.5 Å². The monoisotopic (exact) mass is 325 g/mol. The van der Waals surface area contributed by atoms with Crippen molar-refractivity contribution in [1.29, 1.82) is 0 Å². The second-order valence-electron chi connectivity index (χ2n) is 5.54. The number of imide groups is 1. The Kier molecular flexibility index (Phi) is 6.35. The molecule has 2 atom stereocenters. The number of rotatable bonds is 5. The molecule has 22 heavy (non-hydrogen) atoms. The summed E-state index contributed by atoms with van der Waals surface area (Å²) in [6.07, 6.45) is 0.775. The number of ether oxygens (including phenoxy) is 1. The van der Waals surface area contributed by atoms with Crippen LogP contribution in [0.5, 0.6) is 0 Å². The molecule has 6 nitrogen and oxygen atoms in total. The van der Waals surface area contributed by atoms with Gasteiger partial charge in [0.05, 0.1) is 19.8 Å². The number of morpholine rings is 1. The maximum absolute atomic E-state index is 12.0. The molecule has 1 aliphatic rings. The molecule has 0 radical (unpaired) electrons. The molecule has 1 aromatic heterocycles. The van der Waals surface area contributed by atoms with Gasteiger partial charge >= 0.3 is 6.03 Å². The smallest absolute Gasteiger partial charge is 0.321 e. The van der Waals surface area contributed by atoms with E-state index in [1.54, 1.807) is 11.3 Å². The molecule has 1 saturated heterocycles. The molecule has 0 aliphatic carbocycles. The van der Waals surface area contributed by atoms with Gasteiger partial charge in [0.2, 0.25) is 5.91 Å². The molecule has 122 valence electrons. The van der Waals surface area contributed by atoms with Gasteiger partial charge in [0.1, 0.15) is 0 Å². The summed E-state index contributed by atoms with van der Waals surface area (Å²) >= 11 is 1.66. The highest BCUT2D eigenvalue weighted by atomic mass is 32.1. The minimum Gasteiger partial charge on any atom is -0.378 e. The fourth-order valence-corrected chi connectivity index (χ4v) is 3.19. The number of hydrogen-bond acceptors (Lipinski definition) is 5. The Balaban J connectivity index is 1.68. The Morgan fingerprint density at radius 1 is 1.36 bits per heavy atom. The zero-order valence-electron chi connectivity index (χ0n) is 13.0. The molecule has 2 unspecified atom stereocenters. The number of carbonyl (C=O) groups is 2. The number of urea groups is 1. The second kappa shape index (κ2) is 8.26. The normalized spacial score (nSPS) is 22.3. The summed E-state index contributed by atoms with van der Waals surface area (Å²) in [7, 11) is 0. The predicted octanol–water partition coefficient (Wildman–Crippen LogP) is 1.23. The van der Waals surface area contributed by atoms with Gasteiger partial charge < -0.3 is 10.1 Å². The van der Waals surface area contributed by atoms with Crippen molar-refractivity contribution in [3.63, 3.8) is 0 Å². The summed E-state index contributed by atoms with van der Waals surface area (Å²) in [6.45, 7) is 6.00. The molecule has 3 amide bonds. The summed E-state index contributed by atoms with van der Waals surface area (Å²) in [5, 5.41) is 7.09. The fraction of sp³-hybridized carbons (Fsp3) is 0.600. The van der Waals surface area contributed by atoms with E-state index in [0.29, 0.717) is 19.8 Å². The SMILES string of the molecule is CC1COCC(C)N1CC(=O)NC(=O)NCCc1cccs1. The van der Waals surface area contributed by atoms with Crippen LogP contribution < -0.4 is 10.6 Å². The average Bonchev–Trinajstić information content (AvgIpc) is 2.96. The van der Waals surface area contributed by atoms with Crippen LogP contribution in [0.1, 0.15) is 18.7 Å². The fourth-order valence-electron chi connectivity index (χ4n) is 2.48. The van der Waals surface area contributed by atoms with Gasteiger partial charge in [-0.3, -0.25) is 15.0 Å².